The van der Waals surface area contributed by atoms with Crippen LogP contribution >= 0.6 is 0 Å². The molecular formula is C10H12F3N3O. The molecular weight excluding hydrogens is 235 g/mol. The number of amides is 1. The van der Waals surface area contributed by atoms with Crippen LogP contribution in [0.25, 0.3) is 0 Å². The second kappa shape index (κ2) is 5.51. The molecule has 0 bridgehead atoms. The molecule has 0 fully saturated rings. The lowest BCUT2D eigenvalue weighted by atomic mass is 10.2. The number of nitrogen functional groups attached to an aromatic ring is 1. The van der Waals surface area contributed by atoms with Crippen molar-refractivity contribution in [3.05, 3.63) is 24.0 Å². The number of aromatic nitrogens is 1. The Morgan fingerprint density at radius 3 is 2.76 bits per heavy atom. The topological polar surface area (TPSA) is 68.0 Å². The minimum Gasteiger partial charge on any atom is -0.398 e. The molecule has 0 unspecified atom stereocenters. The van der Waals surface area contributed by atoms with Gasteiger partial charge >= 0.3 is 6.18 Å². The van der Waals surface area contributed by atoms with E-state index in [0.717, 1.165) is 0 Å². The third-order valence-electron chi connectivity index (χ3n) is 2.02. The largest absolute Gasteiger partial charge is 0.398 e. The maximum absolute atomic E-state index is 11.8. The molecule has 0 radical (unpaired) electrons. The number of anilines is 1. The van der Waals surface area contributed by atoms with E-state index in [4.69, 9.17) is 5.73 Å². The van der Waals surface area contributed by atoms with Crippen molar-refractivity contribution in [3.63, 3.8) is 0 Å². The van der Waals surface area contributed by atoms with Crippen molar-refractivity contribution >= 4 is 11.6 Å². The maximum Gasteiger partial charge on any atom is 0.389 e. The van der Waals surface area contributed by atoms with Crippen LogP contribution in [0.1, 0.15) is 23.2 Å². The summed E-state index contributed by atoms with van der Waals surface area (Å²) >= 11 is 0. The number of carbonyl (C=O) groups is 1. The van der Waals surface area contributed by atoms with E-state index in [9.17, 15) is 18.0 Å². The number of nitrogens with zero attached hydrogens (tertiary/aromatic N) is 1. The quantitative estimate of drug-likeness (QED) is 0.796. The van der Waals surface area contributed by atoms with E-state index in [1.807, 2.05) is 0 Å². The van der Waals surface area contributed by atoms with Gasteiger partial charge in [-0.25, -0.2) is 0 Å². The van der Waals surface area contributed by atoms with Gasteiger partial charge in [0.25, 0.3) is 5.91 Å². The SMILES string of the molecule is Nc1ccncc1C(=O)NCCCC(F)(F)F. The summed E-state index contributed by atoms with van der Waals surface area (Å²) in [5.41, 5.74) is 5.92. The molecule has 1 rings (SSSR count). The Balaban J connectivity index is 2.39. The smallest absolute Gasteiger partial charge is 0.389 e. The molecule has 0 aliphatic heterocycles. The predicted octanol–water partition coefficient (Wildman–Crippen LogP) is 1.74. The summed E-state index contributed by atoms with van der Waals surface area (Å²) in [4.78, 5) is 15.2. The number of alkyl halides is 3. The van der Waals surface area contributed by atoms with E-state index in [0.29, 0.717) is 0 Å². The second-order valence-corrected chi connectivity index (χ2v) is 3.44. The highest BCUT2D eigenvalue weighted by Gasteiger charge is 2.26. The number of hydrogen-bond donors (Lipinski definition) is 2. The third-order valence-corrected chi connectivity index (χ3v) is 2.02. The van der Waals surface area contributed by atoms with Gasteiger partial charge in [0.1, 0.15) is 0 Å². The Kier molecular flexibility index (Phi) is 4.30. The van der Waals surface area contributed by atoms with E-state index >= 15 is 0 Å². The first kappa shape index (κ1) is 13.3. The lowest BCUT2D eigenvalue weighted by molar-refractivity contribution is -0.135. The number of carbonyl (C=O) groups excluding carboxylic acids is 1. The van der Waals surface area contributed by atoms with Gasteiger partial charge in [0, 0.05) is 31.0 Å². The number of pyridine rings is 1. The maximum atomic E-state index is 11.8. The number of rotatable bonds is 4. The summed E-state index contributed by atoms with van der Waals surface area (Å²) in [6.45, 7) is -0.0489. The molecule has 4 nitrogen and oxygen atoms in total. The predicted molar refractivity (Wildman–Crippen MR) is 56.3 cm³/mol. The van der Waals surface area contributed by atoms with Gasteiger partial charge in [0.05, 0.1) is 5.56 Å². The van der Waals surface area contributed by atoms with Gasteiger partial charge in [0.2, 0.25) is 0 Å². The van der Waals surface area contributed by atoms with Crippen molar-refractivity contribution in [2.24, 2.45) is 0 Å². The minimum absolute atomic E-state index is 0.0489. The van der Waals surface area contributed by atoms with E-state index < -0.39 is 18.5 Å². The Bertz CT molecular complexity index is 393. The molecule has 1 heterocycles. The van der Waals surface area contributed by atoms with Crippen molar-refractivity contribution in [1.29, 1.82) is 0 Å². The summed E-state index contributed by atoms with van der Waals surface area (Å²) in [6.07, 6.45) is -2.58. The molecule has 0 spiro atoms. The zero-order valence-electron chi connectivity index (χ0n) is 8.92. The van der Waals surface area contributed by atoms with Crippen LogP contribution in [0.5, 0.6) is 0 Å². The molecule has 1 aromatic heterocycles. The van der Waals surface area contributed by atoms with Gasteiger partial charge in [-0.2, -0.15) is 13.2 Å². The average Bonchev–Trinajstić information content (AvgIpc) is 2.23. The number of nitrogens with one attached hydrogen (secondary N) is 1. The standard InChI is InChI=1S/C10H12F3N3O/c11-10(12,13)3-1-4-16-9(17)7-6-15-5-2-8(7)14/h2,5-6H,1,3-4H2,(H2,14,15)(H,16,17). The molecule has 0 aliphatic carbocycles. The molecule has 0 saturated heterocycles. The Morgan fingerprint density at radius 1 is 1.47 bits per heavy atom. The molecule has 1 amide bonds. The Hall–Kier alpha value is -1.79. The zero-order chi connectivity index (χ0) is 12.9. The normalized spacial score (nSPS) is 11.2. The summed E-state index contributed by atoms with van der Waals surface area (Å²) in [7, 11) is 0. The fraction of sp³-hybridized carbons (Fsp3) is 0.400. The van der Waals surface area contributed by atoms with Crippen LogP contribution in [0.2, 0.25) is 0 Å². The van der Waals surface area contributed by atoms with Gasteiger partial charge in [-0.05, 0) is 12.5 Å². The molecule has 7 heteroatoms. The molecule has 17 heavy (non-hydrogen) atoms. The fourth-order valence-corrected chi connectivity index (χ4v) is 1.18. The summed E-state index contributed by atoms with van der Waals surface area (Å²) in [5.74, 6) is -0.516. The summed E-state index contributed by atoms with van der Waals surface area (Å²) in [6, 6.07) is 1.45. The van der Waals surface area contributed by atoms with Crippen molar-refractivity contribution in [2.45, 2.75) is 19.0 Å². The van der Waals surface area contributed by atoms with E-state index in [1.54, 1.807) is 0 Å². The van der Waals surface area contributed by atoms with E-state index in [2.05, 4.69) is 10.3 Å². The highest BCUT2D eigenvalue weighted by atomic mass is 19.4. The monoisotopic (exact) mass is 247 g/mol. The first-order chi connectivity index (χ1) is 7.90. The molecule has 0 aliphatic rings. The molecule has 1 aromatic rings. The van der Waals surface area contributed by atoms with Gasteiger partial charge < -0.3 is 11.1 Å². The Morgan fingerprint density at radius 2 is 2.18 bits per heavy atom. The first-order valence-corrected chi connectivity index (χ1v) is 4.94. The molecule has 94 valence electrons. The van der Waals surface area contributed by atoms with Gasteiger partial charge in [-0.1, -0.05) is 0 Å². The third kappa shape index (κ3) is 4.71. The first-order valence-electron chi connectivity index (χ1n) is 4.94. The van der Waals surface area contributed by atoms with Crippen molar-refractivity contribution in [3.8, 4) is 0 Å². The number of halogens is 3. The van der Waals surface area contributed by atoms with Crippen molar-refractivity contribution < 1.29 is 18.0 Å². The number of nitrogens with two attached hydrogens (primary N) is 1. The summed E-state index contributed by atoms with van der Waals surface area (Å²) < 4.78 is 35.5. The van der Waals surface area contributed by atoms with Crippen molar-refractivity contribution in [1.82, 2.24) is 10.3 Å². The summed E-state index contributed by atoms with van der Waals surface area (Å²) in [5, 5.41) is 2.35. The average molecular weight is 247 g/mol. The van der Waals surface area contributed by atoms with Crippen LogP contribution in [-0.4, -0.2) is 23.6 Å². The van der Waals surface area contributed by atoms with Crippen LogP contribution in [-0.2, 0) is 0 Å². The lowest BCUT2D eigenvalue weighted by Crippen LogP contribution is -2.26. The molecule has 0 aromatic carbocycles. The van der Waals surface area contributed by atoms with Crippen LogP contribution in [0.3, 0.4) is 0 Å². The van der Waals surface area contributed by atoms with Crippen LogP contribution in [0.15, 0.2) is 18.5 Å². The zero-order valence-corrected chi connectivity index (χ0v) is 8.92. The fourth-order valence-electron chi connectivity index (χ4n) is 1.18. The van der Waals surface area contributed by atoms with Gasteiger partial charge in [-0.15, -0.1) is 0 Å². The Labute approximate surface area is 96.0 Å². The highest BCUT2D eigenvalue weighted by Crippen LogP contribution is 2.20. The van der Waals surface area contributed by atoms with Crippen LogP contribution in [0, 0.1) is 0 Å². The van der Waals surface area contributed by atoms with Crippen molar-refractivity contribution in [2.75, 3.05) is 12.3 Å². The van der Waals surface area contributed by atoms with Crippen LogP contribution < -0.4 is 11.1 Å². The van der Waals surface area contributed by atoms with E-state index in [-0.39, 0.29) is 24.2 Å². The molecule has 0 atom stereocenters. The molecule has 0 saturated carbocycles. The second-order valence-electron chi connectivity index (χ2n) is 3.44. The number of hydrogen-bond acceptors (Lipinski definition) is 3. The van der Waals surface area contributed by atoms with Gasteiger partial charge in [0.15, 0.2) is 0 Å². The van der Waals surface area contributed by atoms with E-state index in [1.165, 1.54) is 18.5 Å². The highest BCUT2D eigenvalue weighted by molar-refractivity contribution is 5.98. The lowest BCUT2D eigenvalue weighted by Gasteiger charge is -2.08. The minimum atomic E-state index is -4.20. The van der Waals surface area contributed by atoms with Crippen LogP contribution in [0.4, 0.5) is 18.9 Å². The molecule has 3 N–H and O–H groups in total. The van der Waals surface area contributed by atoms with Gasteiger partial charge in [-0.3, -0.25) is 9.78 Å².